The summed E-state index contributed by atoms with van der Waals surface area (Å²) in [5.74, 6) is 4.25. The van der Waals surface area contributed by atoms with Gasteiger partial charge in [-0.3, -0.25) is 0 Å². The van der Waals surface area contributed by atoms with E-state index in [1.54, 1.807) is 0 Å². The molecule has 0 saturated heterocycles. The number of allylic oxidation sites excluding steroid dienone is 3. The van der Waals surface area contributed by atoms with Crippen molar-refractivity contribution < 1.29 is 14.3 Å². The van der Waals surface area contributed by atoms with E-state index in [-0.39, 0.29) is 23.4 Å². The minimum absolute atomic E-state index is 0.00218. The van der Waals surface area contributed by atoms with E-state index >= 15 is 0 Å². The monoisotopic (exact) mass is 484 g/mol. The van der Waals surface area contributed by atoms with Gasteiger partial charge in [-0.1, -0.05) is 54.0 Å². The molecule has 0 aromatic rings. The van der Waals surface area contributed by atoms with Crippen LogP contribution in [0.1, 0.15) is 113 Å². The average molecular weight is 485 g/mol. The summed E-state index contributed by atoms with van der Waals surface area (Å²) in [7, 11) is 0. The van der Waals surface area contributed by atoms with Gasteiger partial charge in [0.2, 0.25) is 0 Å². The van der Waals surface area contributed by atoms with Gasteiger partial charge in [0, 0.05) is 5.41 Å². The first-order valence-corrected chi connectivity index (χ1v) is 14.4. The fraction of sp³-hybridized carbons (Fsp3) is 0.844. The largest absolute Gasteiger partial charge is 0.482 e. The van der Waals surface area contributed by atoms with Crippen LogP contribution in [0.2, 0.25) is 0 Å². The Balaban J connectivity index is 1.30. The summed E-state index contributed by atoms with van der Waals surface area (Å²) in [4.78, 5) is 12.9. The van der Waals surface area contributed by atoms with E-state index < -0.39 is 5.60 Å². The van der Waals surface area contributed by atoms with E-state index in [1.165, 1.54) is 51.4 Å². The lowest BCUT2D eigenvalue weighted by Gasteiger charge is -2.61. The Morgan fingerprint density at radius 2 is 1.57 bits per heavy atom. The highest BCUT2D eigenvalue weighted by Crippen LogP contribution is 2.64. The second kappa shape index (κ2) is 9.56. The van der Waals surface area contributed by atoms with Crippen LogP contribution in [0.4, 0.5) is 0 Å². The predicted molar refractivity (Wildman–Crippen MR) is 144 cm³/mol. The molecular formula is C32H52O3. The maximum atomic E-state index is 12.9. The van der Waals surface area contributed by atoms with Gasteiger partial charge in [0.25, 0.3) is 0 Å². The lowest BCUT2D eigenvalue weighted by molar-refractivity contribution is -0.201. The molecule has 35 heavy (non-hydrogen) atoms. The van der Waals surface area contributed by atoms with E-state index in [2.05, 4.69) is 73.6 Å². The van der Waals surface area contributed by atoms with Crippen molar-refractivity contribution in [2.45, 2.75) is 119 Å². The molecule has 3 heteroatoms. The van der Waals surface area contributed by atoms with Crippen LogP contribution in [-0.4, -0.2) is 18.2 Å². The molecule has 0 N–H and O–H groups in total. The molecule has 0 aromatic heterocycles. The van der Waals surface area contributed by atoms with Crippen LogP contribution >= 0.6 is 0 Å². The molecule has 0 spiro atoms. The van der Waals surface area contributed by atoms with Gasteiger partial charge in [0.1, 0.15) is 11.4 Å². The van der Waals surface area contributed by atoms with Crippen molar-refractivity contribution in [2.75, 3.05) is 6.61 Å². The molecule has 5 rings (SSSR count). The first kappa shape index (κ1) is 26.8. The van der Waals surface area contributed by atoms with Gasteiger partial charge in [-0.05, 0) is 118 Å². The minimum Gasteiger partial charge on any atom is -0.482 e. The van der Waals surface area contributed by atoms with E-state index in [4.69, 9.17) is 9.47 Å². The Hall–Kier alpha value is -1.25. The van der Waals surface area contributed by atoms with E-state index in [9.17, 15) is 4.79 Å². The molecule has 0 aromatic carbocycles. The number of hydrogen-bond acceptors (Lipinski definition) is 3. The van der Waals surface area contributed by atoms with E-state index in [0.29, 0.717) is 17.3 Å². The van der Waals surface area contributed by atoms with Crippen LogP contribution < -0.4 is 0 Å². The molecule has 0 amide bonds. The summed E-state index contributed by atoms with van der Waals surface area (Å²) in [6, 6.07) is 0. The Bertz CT molecular complexity index is 802. The highest BCUT2D eigenvalue weighted by atomic mass is 16.6. The lowest BCUT2D eigenvalue weighted by atomic mass is 9.46. The second-order valence-electron chi connectivity index (χ2n) is 15.0. The van der Waals surface area contributed by atoms with Crippen molar-refractivity contribution in [3.63, 3.8) is 0 Å². The topological polar surface area (TPSA) is 35.5 Å². The summed E-state index contributed by atoms with van der Waals surface area (Å²) in [6.45, 7) is 18.5. The van der Waals surface area contributed by atoms with E-state index in [0.717, 1.165) is 29.9 Å². The van der Waals surface area contributed by atoms with Crippen LogP contribution in [0.3, 0.4) is 0 Å². The zero-order valence-corrected chi connectivity index (χ0v) is 23.9. The number of esters is 1. The number of carbonyl (C=O) groups excluding carboxylic acids is 1. The molecule has 4 fully saturated rings. The maximum absolute atomic E-state index is 12.9. The summed E-state index contributed by atoms with van der Waals surface area (Å²) in [5, 5.41) is 0. The average Bonchev–Trinajstić information content (AvgIpc) is 2.74. The summed E-state index contributed by atoms with van der Waals surface area (Å²) in [5.41, 5.74) is 0.347. The molecule has 0 radical (unpaired) electrons. The summed E-state index contributed by atoms with van der Waals surface area (Å²) in [6.07, 6.45) is 17.9. The van der Waals surface area contributed by atoms with Gasteiger partial charge in [-0.2, -0.15) is 0 Å². The first-order valence-electron chi connectivity index (χ1n) is 14.4. The number of rotatable bonds is 9. The molecule has 5 aliphatic carbocycles. The fourth-order valence-corrected chi connectivity index (χ4v) is 8.27. The SMILES string of the molecule is CCC(C)(C)CC(C1C=CC(OCC(=O)OC(C)(C)C23CC4CC(CC(C4)C2)C3)=CC1)C(C)(C)C. The third-order valence-corrected chi connectivity index (χ3v) is 10.5. The Morgan fingerprint density at radius 3 is 2.03 bits per heavy atom. The zero-order chi connectivity index (χ0) is 25.6. The molecule has 3 nitrogen and oxygen atoms in total. The smallest absolute Gasteiger partial charge is 0.344 e. The molecule has 2 unspecified atom stereocenters. The highest BCUT2D eigenvalue weighted by molar-refractivity contribution is 5.71. The Morgan fingerprint density at radius 1 is 1.00 bits per heavy atom. The van der Waals surface area contributed by atoms with Gasteiger partial charge >= 0.3 is 5.97 Å². The standard InChI is InChI=1S/C32H52O3/c1-9-30(5,6)20-27(29(2,3)4)25-10-12-26(13-11-25)34-21-28(33)35-31(7,8)32-17-22-14-23(18-32)16-24(15-22)19-32/h10,12-13,22-25,27H,9,11,14-21H2,1-8H3. The van der Waals surface area contributed by atoms with Gasteiger partial charge in [-0.15, -0.1) is 0 Å². The number of ether oxygens (including phenoxy) is 2. The summed E-state index contributed by atoms with van der Waals surface area (Å²) >= 11 is 0. The maximum Gasteiger partial charge on any atom is 0.344 e. The second-order valence-corrected chi connectivity index (χ2v) is 15.0. The third kappa shape index (κ3) is 5.85. The number of hydrogen-bond donors (Lipinski definition) is 0. The molecule has 198 valence electrons. The minimum atomic E-state index is -0.419. The lowest BCUT2D eigenvalue weighted by Crippen LogP contribution is -2.57. The highest BCUT2D eigenvalue weighted by Gasteiger charge is 2.58. The van der Waals surface area contributed by atoms with Crippen LogP contribution in [0, 0.1) is 45.8 Å². The molecule has 2 atom stereocenters. The normalized spacial score (nSPS) is 33.4. The van der Waals surface area contributed by atoms with Crippen molar-refractivity contribution in [1.29, 1.82) is 0 Å². The summed E-state index contributed by atoms with van der Waals surface area (Å²) < 4.78 is 12.1. The molecule has 0 aliphatic heterocycles. The number of carbonyl (C=O) groups is 1. The molecule has 0 heterocycles. The Labute approximate surface area is 215 Å². The van der Waals surface area contributed by atoms with Crippen molar-refractivity contribution in [2.24, 2.45) is 45.8 Å². The predicted octanol–water partition coefficient (Wildman–Crippen LogP) is 8.49. The van der Waals surface area contributed by atoms with E-state index in [1.807, 2.05) is 0 Å². The van der Waals surface area contributed by atoms with Crippen LogP contribution in [0.5, 0.6) is 0 Å². The zero-order valence-electron chi connectivity index (χ0n) is 23.9. The molecule has 5 aliphatic rings. The van der Waals surface area contributed by atoms with Gasteiger partial charge in [0.05, 0.1) is 0 Å². The van der Waals surface area contributed by atoms with Crippen molar-refractivity contribution >= 4 is 5.97 Å². The fourth-order valence-electron chi connectivity index (χ4n) is 8.27. The van der Waals surface area contributed by atoms with Gasteiger partial charge in [-0.25, -0.2) is 4.79 Å². The molecule has 4 saturated carbocycles. The quantitative estimate of drug-likeness (QED) is 0.308. The van der Waals surface area contributed by atoms with Crippen molar-refractivity contribution in [3.8, 4) is 0 Å². The van der Waals surface area contributed by atoms with Crippen molar-refractivity contribution in [3.05, 3.63) is 24.0 Å². The first-order chi connectivity index (χ1) is 16.2. The molecule has 4 bridgehead atoms. The molecular weight excluding hydrogens is 432 g/mol. The van der Waals surface area contributed by atoms with Gasteiger partial charge < -0.3 is 9.47 Å². The van der Waals surface area contributed by atoms with Crippen LogP contribution in [-0.2, 0) is 14.3 Å². The Kier molecular flexibility index (Phi) is 7.32. The third-order valence-electron chi connectivity index (χ3n) is 10.5. The van der Waals surface area contributed by atoms with Crippen LogP contribution in [0.15, 0.2) is 24.0 Å². The van der Waals surface area contributed by atoms with Gasteiger partial charge in [0.15, 0.2) is 6.61 Å². The van der Waals surface area contributed by atoms with Crippen molar-refractivity contribution in [1.82, 2.24) is 0 Å². The van der Waals surface area contributed by atoms with Crippen LogP contribution in [0.25, 0.3) is 0 Å².